The van der Waals surface area contributed by atoms with Crippen molar-refractivity contribution in [2.75, 3.05) is 7.11 Å². The van der Waals surface area contributed by atoms with Gasteiger partial charge in [-0.2, -0.15) is 26.3 Å². The van der Waals surface area contributed by atoms with Crippen LogP contribution in [0, 0.1) is 0 Å². The number of rotatable bonds is 7. The van der Waals surface area contributed by atoms with Crippen molar-refractivity contribution >= 4 is 29.1 Å². The molecule has 43 heavy (non-hydrogen) atoms. The number of hydrogen-bond acceptors (Lipinski definition) is 5. The Balaban J connectivity index is 1.54. The number of aliphatic imine (C=N–C) groups is 1. The van der Waals surface area contributed by atoms with Gasteiger partial charge in [0.1, 0.15) is 28.5 Å². The maximum Gasteiger partial charge on any atom is 0.417 e. The van der Waals surface area contributed by atoms with E-state index in [1.54, 1.807) is 24.3 Å². The van der Waals surface area contributed by atoms with E-state index in [9.17, 15) is 26.3 Å². The average Bonchev–Trinajstić information content (AvgIpc) is 3.39. The second kappa shape index (κ2) is 11.0. The molecule has 0 aliphatic carbocycles. The molecule has 0 radical (unpaired) electrons. The normalized spacial score (nSPS) is 11.9. The number of methoxy groups -OCH3 is 1. The molecule has 0 bridgehead atoms. The van der Waals surface area contributed by atoms with E-state index in [0.717, 1.165) is 24.3 Å². The Bertz CT molecular complexity index is 1870. The van der Waals surface area contributed by atoms with E-state index in [1.165, 1.54) is 38.3 Å². The summed E-state index contributed by atoms with van der Waals surface area (Å²) in [5.41, 5.74) is -2.25. The van der Waals surface area contributed by atoms with E-state index in [0.29, 0.717) is 28.5 Å². The van der Waals surface area contributed by atoms with Crippen molar-refractivity contribution in [3.63, 3.8) is 0 Å². The van der Waals surface area contributed by atoms with Crippen LogP contribution in [0.1, 0.15) is 23.6 Å². The lowest BCUT2D eigenvalue weighted by molar-refractivity contribution is -0.139. The van der Waals surface area contributed by atoms with Crippen molar-refractivity contribution < 1.29 is 40.2 Å². The van der Waals surface area contributed by atoms with Crippen LogP contribution in [0.5, 0.6) is 17.2 Å². The third-order valence-corrected chi connectivity index (χ3v) is 6.60. The Kier molecular flexibility index (Phi) is 7.51. The van der Waals surface area contributed by atoms with E-state index in [4.69, 9.17) is 13.9 Å². The molecular formula is C32H22F6N2O3. The number of alkyl halides is 6. The van der Waals surface area contributed by atoms with E-state index in [-0.39, 0.29) is 28.1 Å². The molecule has 0 aliphatic heterocycles. The Morgan fingerprint density at radius 1 is 0.814 bits per heavy atom. The fourth-order valence-corrected chi connectivity index (χ4v) is 4.51. The van der Waals surface area contributed by atoms with E-state index < -0.39 is 34.6 Å². The highest BCUT2D eigenvalue weighted by molar-refractivity contribution is 5.80. The first-order valence-electron chi connectivity index (χ1n) is 12.6. The Morgan fingerprint density at radius 2 is 1.44 bits per heavy atom. The molecule has 5 rings (SSSR count). The molecule has 0 saturated carbocycles. The van der Waals surface area contributed by atoms with Crippen molar-refractivity contribution in [3.05, 3.63) is 96.1 Å². The standard InChI is InChI=1S/C32H22F6N2O3/c1-17(2)18-5-9-22(24(13-18)31(33,34)35)23-10-6-19(14-25(23)32(36,37)38)30-40-27-16-21(8-12-29(27)43-30)42-20-7-11-28(41-4)26(15-20)39-3/h5-16H,1,3H2,2,4H3. The summed E-state index contributed by atoms with van der Waals surface area (Å²) < 4.78 is 101. The van der Waals surface area contributed by atoms with Gasteiger partial charge in [-0.3, -0.25) is 4.99 Å². The van der Waals surface area contributed by atoms with Gasteiger partial charge in [-0.1, -0.05) is 30.4 Å². The van der Waals surface area contributed by atoms with E-state index in [2.05, 4.69) is 23.3 Å². The number of hydrogen-bond donors (Lipinski definition) is 0. The second-order valence-electron chi connectivity index (χ2n) is 9.54. The number of allylic oxidation sites excluding steroid dienone is 1. The topological polar surface area (TPSA) is 56.9 Å². The van der Waals surface area contributed by atoms with Gasteiger partial charge in [0.15, 0.2) is 5.58 Å². The minimum Gasteiger partial charge on any atom is -0.494 e. The minimum absolute atomic E-state index is 0.0706. The third-order valence-electron chi connectivity index (χ3n) is 6.60. The van der Waals surface area contributed by atoms with E-state index >= 15 is 0 Å². The lowest BCUT2D eigenvalue weighted by atomic mass is 9.91. The molecule has 0 spiro atoms. The zero-order chi connectivity index (χ0) is 31.1. The van der Waals surface area contributed by atoms with Gasteiger partial charge in [0.05, 0.1) is 18.2 Å². The van der Waals surface area contributed by atoms with Crippen LogP contribution in [0.25, 0.3) is 39.3 Å². The fraction of sp³-hybridized carbons (Fsp3) is 0.125. The summed E-state index contributed by atoms with van der Waals surface area (Å²) in [7, 11) is 1.49. The molecule has 1 aromatic heterocycles. The van der Waals surface area contributed by atoms with Gasteiger partial charge in [0.2, 0.25) is 5.89 Å². The Hall–Kier alpha value is -5.06. The highest BCUT2D eigenvalue weighted by atomic mass is 19.4. The highest BCUT2D eigenvalue weighted by Crippen LogP contribution is 2.45. The van der Waals surface area contributed by atoms with Crippen LogP contribution >= 0.6 is 0 Å². The minimum atomic E-state index is -4.98. The summed E-state index contributed by atoms with van der Waals surface area (Å²) in [4.78, 5) is 8.19. The molecule has 0 unspecified atom stereocenters. The van der Waals surface area contributed by atoms with Crippen LogP contribution in [0.4, 0.5) is 32.0 Å². The number of halogens is 6. The van der Waals surface area contributed by atoms with Crippen LogP contribution in [-0.2, 0) is 12.4 Å². The number of ether oxygens (including phenoxy) is 2. The molecule has 5 nitrogen and oxygen atoms in total. The Morgan fingerprint density at radius 3 is 2.07 bits per heavy atom. The number of fused-ring (bicyclic) bond motifs is 1. The number of oxazole rings is 1. The second-order valence-corrected chi connectivity index (χ2v) is 9.54. The first-order chi connectivity index (χ1) is 20.3. The molecule has 1 heterocycles. The quantitative estimate of drug-likeness (QED) is 0.139. The first-order valence-corrected chi connectivity index (χ1v) is 12.6. The van der Waals surface area contributed by atoms with Gasteiger partial charge < -0.3 is 13.9 Å². The average molecular weight is 597 g/mol. The van der Waals surface area contributed by atoms with Crippen LogP contribution < -0.4 is 9.47 Å². The van der Waals surface area contributed by atoms with E-state index in [1.807, 2.05) is 0 Å². The lowest BCUT2D eigenvalue weighted by Crippen LogP contribution is -2.12. The predicted molar refractivity (Wildman–Crippen MR) is 152 cm³/mol. The maximum atomic E-state index is 14.3. The zero-order valence-electron chi connectivity index (χ0n) is 22.7. The van der Waals surface area contributed by atoms with Gasteiger partial charge in [-0.05, 0) is 72.8 Å². The van der Waals surface area contributed by atoms with Crippen LogP contribution in [0.3, 0.4) is 0 Å². The molecule has 0 aliphatic rings. The smallest absolute Gasteiger partial charge is 0.417 e. The largest absolute Gasteiger partial charge is 0.494 e. The lowest BCUT2D eigenvalue weighted by Gasteiger charge is -2.19. The van der Waals surface area contributed by atoms with Crippen LogP contribution in [0.2, 0.25) is 0 Å². The highest BCUT2D eigenvalue weighted by Gasteiger charge is 2.39. The van der Waals surface area contributed by atoms with Gasteiger partial charge in [-0.25, -0.2) is 4.98 Å². The van der Waals surface area contributed by atoms with Crippen molar-refractivity contribution in [1.29, 1.82) is 0 Å². The Labute approximate surface area is 241 Å². The molecule has 0 N–H and O–H groups in total. The number of nitrogens with zero attached hydrogens (tertiary/aromatic N) is 2. The van der Waals surface area contributed by atoms with Gasteiger partial charge in [0, 0.05) is 17.7 Å². The molecule has 0 atom stereocenters. The van der Waals surface area contributed by atoms with Gasteiger partial charge >= 0.3 is 12.4 Å². The third kappa shape index (κ3) is 5.97. The van der Waals surface area contributed by atoms with Crippen molar-refractivity contribution in [1.82, 2.24) is 4.98 Å². The van der Waals surface area contributed by atoms with Gasteiger partial charge in [0.25, 0.3) is 0 Å². The molecule has 0 amide bonds. The van der Waals surface area contributed by atoms with Crippen LogP contribution in [0.15, 0.2) is 88.8 Å². The number of aromatic nitrogens is 1. The van der Waals surface area contributed by atoms with Gasteiger partial charge in [-0.15, -0.1) is 0 Å². The van der Waals surface area contributed by atoms with Crippen molar-refractivity contribution in [2.45, 2.75) is 19.3 Å². The first kappa shape index (κ1) is 29.4. The van der Waals surface area contributed by atoms with Crippen molar-refractivity contribution in [2.24, 2.45) is 4.99 Å². The molecule has 220 valence electrons. The summed E-state index contributed by atoms with van der Waals surface area (Å²) >= 11 is 0. The zero-order valence-corrected chi connectivity index (χ0v) is 22.7. The predicted octanol–water partition coefficient (Wildman–Crippen LogP) is 10.4. The molecule has 4 aromatic carbocycles. The molecule has 0 saturated heterocycles. The van der Waals surface area contributed by atoms with Crippen LogP contribution in [-0.4, -0.2) is 18.8 Å². The maximum absolute atomic E-state index is 14.3. The molecule has 0 fully saturated rings. The molecule has 11 heteroatoms. The fourth-order valence-electron chi connectivity index (χ4n) is 4.51. The summed E-state index contributed by atoms with van der Waals surface area (Å²) in [6.45, 7) is 8.63. The van der Waals surface area contributed by atoms with Crippen molar-refractivity contribution in [3.8, 4) is 39.8 Å². The monoisotopic (exact) mass is 596 g/mol. The molecule has 5 aromatic rings. The molecular weight excluding hydrogens is 574 g/mol. The number of benzene rings is 4. The summed E-state index contributed by atoms with van der Waals surface area (Å²) in [6, 6.07) is 15.7. The summed E-state index contributed by atoms with van der Waals surface area (Å²) in [6.07, 6.45) is -9.89. The summed E-state index contributed by atoms with van der Waals surface area (Å²) in [5, 5.41) is 0. The summed E-state index contributed by atoms with van der Waals surface area (Å²) in [5.74, 6) is 1.13. The SMILES string of the molecule is C=Nc1cc(Oc2ccc3oc(-c4ccc(-c5ccc(C(=C)C)cc5C(F)(F)F)c(C(F)(F)F)c4)nc3c2)ccc1OC.